The summed E-state index contributed by atoms with van der Waals surface area (Å²) in [7, 11) is 0. The van der Waals surface area contributed by atoms with Gasteiger partial charge >= 0.3 is 0 Å². The zero-order valence-electron chi connectivity index (χ0n) is 10.2. The third-order valence-electron chi connectivity index (χ3n) is 2.92. The lowest BCUT2D eigenvalue weighted by molar-refractivity contribution is 0.607. The standard InChI is InChI=1S/C14H15NS3/c1-2-5-15-14(10-3-6-16-9-10)13-8-12-11(18-13)4-7-17-12/h3-4,6-9,14-15H,2,5H2,1H3. The molecule has 1 N–H and O–H groups in total. The molecule has 3 heterocycles. The molecule has 0 aliphatic rings. The Morgan fingerprint density at radius 2 is 2.17 bits per heavy atom. The highest BCUT2D eigenvalue weighted by molar-refractivity contribution is 7.27. The van der Waals surface area contributed by atoms with E-state index in [1.54, 1.807) is 11.3 Å². The number of thiophene rings is 3. The van der Waals surface area contributed by atoms with Crippen LogP contribution in [0.4, 0.5) is 0 Å². The van der Waals surface area contributed by atoms with Crippen LogP contribution in [0.2, 0.25) is 0 Å². The van der Waals surface area contributed by atoms with Crippen molar-refractivity contribution in [2.45, 2.75) is 19.4 Å². The third-order valence-corrected chi connectivity index (χ3v) is 5.78. The quantitative estimate of drug-likeness (QED) is 0.689. The number of fused-ring (bicyclic) bond motifs is 1. The van der Waals surface area contributed by atoms with Crippen LogP contribution in [-0.4, -0.2) is 6.54 Å². The van der Waals surface area contributed by atoms with Gasteiger partial charge in [-0.2, -0.15) is 11.3 Å². The molecule has 0 aliphatic heterocycles. The summed E-state index contributed by atoms with van der Waals surface area (Å²) in [6.45, 7) is 3.27. The summed E-state index contributed by atoms with van der Waals surface area (Å²) in [5, 5.41) is 10.2. The molecule has 1 nitrogen and oxygen atoms in total. The second-order valence-electron chi connectivity index (χ2n) is 4.24. The topological polar surface area (TPSA) is 12.0 Å². The van der Waals surface area contributed by atoms with Crippen LogP contribution >= 0.6 is 34.0 Å². The van der Waals surface area contributed by atoms with Crippen molar-refractivity contribution in [2.24, 2.45) is 0 Å². The second-order valence-corrected chi connectivity index (χ2v) is 7.08. The van der Waals surface area contributed by atoms with Crippen LogP contribution in [0, 0.1) is 0 Å². The molecule has 0 fully saturated rings. The number of rotatable bonds is 5. The van der Waals surface area contributed by atoms with Gasteiger partial charge in [-0.25, -0.2) is 0 Å². The van der Waals surface area contributed by atoms with Crippen LogP contribution in [0.25, 0.3) is 9.40 Å². The Hall–Kier alpha value is -0.680. The summed E-state index contributed by atoms with van der Waals surface area (Å²) in [6, 6.07) is 7.15. The maximum Gasteiger partial charge on any atom is 0.0679 e. The zero-order valence-corrected chi connectivity index (χ0v) is 12.6. The van der Waals surface area contributed by atoms with Crippen molar-refractivity contribution in [1.82, 2.24) is 5.32 Å². The molecular formula is C14H15NS3. The van der Waals surface area contributed by atoms with Gasteiger partial charge in [0.2, 0.25) is 0 Å². The van der Waals surface area contributed by atoms with Gasteiger partial charge in [0.05, 0.1) is 6.04 Å². The van der Waals surface area contributed by atoms with E-state index in [9.17, 15) is 0 Å². The van der Waals surface area contributed by atoms with E-state index < -0.39 is 0 Å². The van der Waals surface area contributed by atoms with Crippen molar-refractivity contribution in [3.63, 3.8) is 0 Å². The summed E-state index contributed by atoms with van der Waals surface area (Å²) >= 11 is 5.52. The van der Waals surface area contributed by atoms with Crippen LogP contribution in [0.15, 0.2) is 34.3 Å². The first-order valence-corrected chi connectivity index (χ1v) is 8.75. The van der Waals surface area contributed by atoms with E-state index in [1.165, 1.54) is 26.3 Å². The third kappa shape index (κ3) is 2.38. The van der Waals surface area contributed by atoms with Crippen molar-refractivity contribution in [3.8, 4) is 0 Å². The lowest BCUT2D eigenvalue weighted by Crippen LogP contribution is -2.21. The Morgan fingerprint density at radius 3 is 2.89 bits per heavy atom. The van der Waals surface area contributed by atoms with E-state index in [0.717, 1.165) is 6.54 Å². The molecule has 0 amide bonds. The fourth-order valence-corrected chi connectivity index (χ4v) is 4.95. The van der Waals surface area contributed by atoms with Crippen LogP contribution in [0.1, 0.15) is 29.8 Å². The van der Waals surface area contributed by atoms with Gasteiger partial charge in [0.15, 0.2) is 0 Å². The van der Waals surface area contributed by atoms with E-state index in [-0.39, 0.29) is 0 Å². The minimum Gasteiger partial charge on any atom is -0.306 e. The molecule has 1 unspecified atom stereocenters. The monoisotopic (exact) mass is 293 g/mol. The van der Waals surface area contributed by atoms with Gasteiger partial charge in [-0.05, 0) is 52.9 Å². The van der Waals surface area contributed by atoms with E-state index in [0.29, 0.717) is 6.04 Å². The second kappa shape index (κ2) is 5.53. The van der Waals surface area contributed by atoms with E-state index >= 15 is 0 Å². The summed E-state index contributed by atoms with van der Waals surface area (Å²) in [4.78, 5) is 1.43. The number of hydrogen-bond donors (Lipinski definition) is 1. The molecule has 4 heteroatoms. The van der Waals surface area contributed by atoms with Crippen LogP contribution in [-0.2, 0) is 0 Å². The number of hydrogen-bond acceptors (Lipinski definition) is 4. The molecular weight excluding hydrogens is 278 g/mol. The van der Waals surface area contributed by atoms with Crippen molar-refractivity contribution in [1.29, 1.82) is 0 Å². The summed E-state index contributed by atoms with van der Waals surface area (Å²) in [5.74, 6) is 0. The first-order valence-electron chi connectivity index (χ1n) is 6.11. The molecule has 3 rings (SSSR count). The smallest absolute Gasteiger partial charge is 0.0679 e. The molecule has 0 bridgehead atoms. The zero-order chi connectivity index (χ0) is 12.4. The summed E-state index contributed by atoms with van der Waals surface area (Å²) in [5.41, 5.74) is 1.39. The van der Waals surface area contributed by atoms with Gasteiger partial charge in [-0.1, -0.05) is 6.92 Å². The lowest BCUT2D eigenvalue weighted by Gasteiger charge is -2.15. The van der Waals surface area contributed by atoms with E-state index in [2.05, 4.69) is 46.6 Å². The van der Waals surface area contributed by atoms with Gasteiger partial charge in [0, 0.05) is 14.3 Å². The minimum absolute atomic E-state index is 0.362. The molecule has 3 aromatic rings. The minimum atomic E-state index is 0.362. The number of nitrogens with one attached hydrogen (secondary N) is 1. The van der Waals surface area contributed by atoms with E-state index in [4.69, 9.17) is 0 Å². The highest BCUT2D eigenvalue weighted by atomic mass is 32.1. The molecule has 0 aliphatic carbocycles. The van der Waals surface area contributed by atoms with Gasteiger partial charge < -0.3 is 5.32 Å². The largest absolute Gasteiger partial charge is 0.306 e. The Balaban J connectivity index is 1.95. The normalized spacial score (nSPS) is 13.2. The SMILES string of the molecule is CCCNC(c1ccsc1)c1cc2sccc2s1. The van der Waals surface area contributed by atoms with Gasteiger partial charge in [-0.3, -0.25) is 0 Å². The molecule has 18 heavy (non-hydrogen) atoms. The molecule has 0 aromatic carbocycles. The average molecular weight is 293 g/mol. The van der Waals surface area contributed by atoms with Crippen molar-refractivity contribution < 1.29 is 0 Å². The molecule has 0 saturated carbocycles. The Kier molecular flexibility index (Phi) is 3.80. The fourth-order valence-electron chi connectivity index (χ4n) is 2.04. The Labute approximate surface area is 119 Å². The Bertz CT molecular complexity index is 577. The van der Waals surface area contributed by atoms with Gasteiger partial charge in [-0.15, -0.1) is 22.7 Å². The average Bonchev–Trinajstić information content (AvgIpc) is 3.05. The molecule has 94 valence electrons. The maximum atomic E-state index is 3.66. The molecule has 1 atom stereocenters. The Morgan fingerprint density at radius 1 is 1.22 bits per heavy atom. The van der Waals surface area contributed by atoms with Crippen molar-refractivity contribution in [3.05, 3.63) is 44.8 Å². The van der Waals surface area contributed by atoms with E-state index in [1.807, 2.05) is 22.7 Å². The predicted octanol–water partition coefficient (Wildman–Crippen LogP) is 5.11. The van der Waals surface area contributed by atoms with Crippen LogP contribution in [0.5, 0.6) is 0 Å². The molecule has 0 saturated heterocycles. The first-order chi connectivity index (χ1) is 8.88. The molecule has 3 aromatic heterocycles. The van der Waals surface area contributed by atoms with Crippen molar-refractivity contribution >= 4 is 43.4 Å². The van der Waals surface area contributed by atoms with Crippen molar-refractivity contribution in [2.75, 3.05) is 6.54 Å². The van der Waals surface area contributed by atoms with Gasteiger partial charge in [0.25, 0.3) is 0 Å². The highest BCUT2D eigenvalue weighted by Gasteiger charge is 2.16. The summed E-state index contributed by atoms with van der Waals surface area (Å²) in [6.07, 6.45) is 1.17. The lowest BCUT2D eigenvalue weighted by atomic mass is 10.1. The van der Waals surface area contributed by atoms with Crippen LogP contribution in [0.3, 0.4) is 0 Å². The fraction of sp³-hybridized carbons (Fsp3) is 0.286. The molecule has 0 radical (unpaired) electrons. The molecule has 0 spiro atoms. The first kappa shape index (κ1) is 12.4. The summed E-state index contributed by atoms with van der Waals surface area (Å²) < 4.78 is 2.82. The predicted molar refractivity (Wildman–Crippen MR) is 84.2 cm³/mol. The maximum absolute atomic E-state index is 3.66. The van der Waals surface area contributed by atoms with Crippen LogP contribution < -0.4 is 5.32 Å². The van der Waals surface area contributed by atoms with Gasteiger partial charge in [0.1, 0.15) is 0 Å². The highest BCUT2D eigenvalue weighted by Crippen LogP contribution is 2.36.